The van der Waals surface area contributed by atoms with Crippen LogP contribution in [0.25, 0.3) is 0 Å². The summed E-state index contributed by atoms with van der Waals surface area (Å²) < 4.78 is 1.09. The molecule has 1 amide bonds. The van der Waals surface area contributed by atoms with E-state index in [9.17, 15) is 4.79 Å². The molecule has 0 aliphatic rings. The van der Waals surface area contributed by atoms with Crippen LogP contribution >= 0.6 is 38.9 Å². The SMILES string of the molecule is CNC(=O)c1ccc(Cl)c(NCc2ccc(Br)s2)c1. The van der Waals surface area contributed by atoms with Gasteiger partial charge in [0.25, 0.3) is 5.91 Å². The molecule has 1 aromatic heterocycles. The first-order chi connectivity index (χ1) is 9.10. The quantitative estimate of drug-likeness (QED) is 0.861. The zero-order chi connectivity index (χ0) is 13.8. The molecule has 2 N–H and O–H groups in total. The Hall–Kier alpha value is -1.04. The lowest BCUT2D eigenvalue weighted by molar-refractivity contribution is 0.0963. The van der Waals surface area contributed by atoms with Crippen molar-refractivity contribution in [1.29, 1.82) is 0 Å². The molecule has 0 spiro atoms. The van der Waals surface area contributed by atoms with E-state index < -0.39 is 0 Å². The van der Waals surface area contributed by atoms with Gasteiger partial charge in [0.1, 0.15) is 0 Å². The van der Waals surface area contributed by atoms with Crippen molar-refractivity contribution in [2.75, 3.05) is 12.4 Å². The van der Waals surface area contributed by atoms with Gasteiger partial charge in [0, 0.05) is 24.0 Å². The molecule has 1 heterocycles. The van der Waals surface area contributed by atoms with Gasteiger partial charge in [-0.1, -0.05) is 11.6 Å². The van der Waals surface area contributed by atoms with Gasteiger partial charge in [0.2, 0.25) is 0 Å². The average Bonchev–Trinajstić information content (AvgIpc) is 2.82. The largest absolute Gasteiger partial charge is 0.379 e. The standard InChI is InChI=1S/C13H12BrClN2OS/c1-16-13(18)8-2-4-10(15)11(6-8)17-7-9-3-5-12(14)19-9/h2-6,17H,7H2,1H3,(H,16,18). The van der Waals surface area contributed by atoms with Crippen LogP contribution in [0, 0.1) is 0 Å². The van der Waals surface area contributed by atoms with E-state index in [1.165, 1.54) is 4.88 Å². The van der Waals surface area contributed by atoms with Gasteiger partial charge in [-0.05, 0) is 46.3 Å². The Labute approximate surface area is 129 Å². The summed E-state index contributed by atoms with van der Waals surface area (Å²) in [7, 11) is 1.60. The molecular formula is C13H12BrClN2OS. The normalized spacial score (nSPS) is 10.3. The predicted molar refractivity (Wildman–Crippen MR) is 84.2 cm³/mol. The van der Waals surface area contributed by atoms with Crippen molar-refractivity contribution in [2.45, 2.75) is 6.54 Å². The number of halogens is 2. The number of amides is 1. The van der Waals surface area contributed by atoms with Gasteiger partial charge >= 0.3 is 0 Å². The third kappa shape index (κ3) is 3.72. The zero-order valence-corrected chi connectivity index (χ0v) is 13.3. The van der Waals surface area contributed by atoms with Crippen molar-refractivity contribution < 1.29 is 4.79 Å². The minimum Gasteiger partial charge on any atom is -0.379 e. The third-order valence-electron chi connectivity index (χ3n) is 2.54. The topological polar surface area (TPSA) is 41.1 Å². The van der Waals surface area contributed by atoms with Crippen molar-refractivity contribution in [2.24, 2.45) is 0 Å². The molecule has 0 radical (unpaired) electrons. The molecule has 1 aromatic carbocycles. The lowest BCUT2D eigenvalue weighted by Gasteiger charge is -2.09. The fourth-order valence-corrected chi connectivity index (χ4v) is 3.18. The van der Waals surface area contributed by atoms with Crippen LogP contribution in [0.4, 0.5) is 5.69 Å². The van der Waals surface area contributed by atoms with E-state index in [4.69, 9.17) is 11.6 Å². The minimum atomic E-state index is -0.126. The first-order valence-corrected chi connectivity index (χ1v) is 7.58. The number of carbonyl (C=O) groups is 1. The summed E-state index contributed by atoms with van der Waals surface area (Å²) in [6.45, 7) is 0.674. The molecule has 0 unspecified atom stereocenters. The summed E-state index contributed by atoms with van der Waals surface area (Å²) >= 11 is 11.2. The number of carbonyl (C=O) groups excluding carboxylic acids is 1. The summed E-state index contributed by atoms with van der Waals surface area (Å²) in [6, 6.07) is 9.22. The summed E-state index contributed by atoms with van der Waals surface area (Å²) in [5, 5.41) is 6.43. The molecule has 0 fully saturated rings. The van der Waals surface area contributed by atoms with Gasteiger partial charge in [-0.3, -0.25) is 4.79 Å². The Morgan fingerprint density at radius 2 is 2.16 bits per heavy atom. The van der Waals surface area contributed by atoms with E-state index in [0.29, 0.717) is 17.1 Å². The highest BCUT2D eigenvalue weighted by Crippen LogP contribution is 2.26. The van der Waals surface area contributed by atoms with Crippen molar-refractivity contribution >= 4 is 50.5 Å². The van der Waals surface area contributed by atoms with Crippen molar-refractivity contribution in [1.82, 2.24) is 5.32 Å². The molecule has 0 saturated carbocycles. The summed E-state index contributed by atoms with van der Waals surface area (Å²) in [6.07, 6.45) is 0. The molecule has 0 atom stereocenters. The maximum absolute atomic E-state index is 11.6. The van der Waals surface area contributed by atoms with Gasteiger partial charge < -0.3 is 10.6 Å². The van der Waals surface area contributed by atoms with Crippen molar-refractivity contribution in [3.63, 3.8) is 0 Å². The average molecular weight is 360 g/mol. The Morgan fingerprint density at radius 1 is 1.37 bits per heavy atom. The summed E-state index contributed by atoms with van der Waals surface area (Å²) in [4.78, 5) is 12.8. The second-order valence-electron chi connectivity index (χ2n) is 3.83. The number of hydrogen-bond donors (Lipinski definition) is 2. The second-order valence-corrected chi connectivity index (χ2v) is 6.79. The number of rotatable bonds is 4. The molecule has 3 nitrogen and oxygen atoms in total. The number of hydrogen-bond acceptors (Lipinski definition) is 3. The molecule has 100 valence electrons. The first kappa shape index (κ1) is 14.4. The molecular weight excluding hydrogens is 348 g/mol. The molecule has 2 aromatic rings. The second kappa shape index (κ2) is 6.41. The minimum absolute atomic E-state index is 0.126. The molecule has 0 saturated heterocycles. The third-order valence-corrected chi connectivity index (χ3v) is 4.49. The van der Waals surface area contributed by atoms with E-state index in [1.54, 1.807) is 36.6 Å². The van der Waals surface area contributed by atoms with E-state index in [2.05, 4.69) is 26.6 Å². The van der Waals surface area contributed by atoms with Crippen LogP contribution in [0.2, 0.25) is 5.02 Å². The van der Waals surface area contributed by atoms with Crippen LogP contribution in [-0.2, 0) is 6.54 Å². The Balaban J connectivity index is 2.12. The highest BCUT2D eigenvalue weighted by molar-refractivity contribution is 9.11. The van der Waals surface area contributed by atoms with Crippen molar-refractivity contribution in [3.8, 4) is 0 Å². The fraction of sp³-hybridized carbons (Fsp3) is 0.154. The lowest BCUT2D eigenvalue weighted by Crippen LogP contribution is -2.17. The van der Waals surface area contributed by atoms with Crippen LogP contribution in [0.15, 0.2) is 34.1 Å². The highest BCUT2D eigenvalue weighted by Gasteiger charge is 2.07. The van der Waals surface area contributed by atoms with Crippen LogP contribution in [0.5, 0.6) is 0 Å². The summed E-state index contributed by atoms with van der Waals surface area (Å²) in [5.74, 6) is -0.126. The first-order valence-electron chi connectivity index (χ1n) is 5.60. The van der Waals surface area contributed by atoms with E-state index >= 15 is 0 Å². The Kier molecular flexibility index (Phi) is 4.85. The monoisotopic (exact) mass is 358 g/mol. The predicted octanol–water partition coefficient (Wildman–Crippen LogP) is 4.14. The number of anilines is 1. The van der Waals surface area contributed by atoms with Crippen LogP contribution in [0.1, 0.15) is 15.2 Å². The smallest absolute Gasteiger partial charge is 0.251 e. The van der Waals surface area contributed by atoms with E-state index in [-0.39, 0.29) is 5.91 Å². The molecule has 19 heavy (non-hydrogen) atoms. The molecule has 2 rings (SSSR count). The zero-order valence-electron chi connectivity index (χ0n) is 10.2. The number of thiophene rings is 1. The van der Waals surface area contributed by atoms with Crippen LogP contribution in [-0.4, -0.2) is 13.0 Å². The lowest BCUT2D eigenvalue weighted by atomic mass is 10.2. The molecule has 0 bridgehead atoms. The Morgan fingerprint density at radius 3 is 2.79 bits per heavy atom. The van der Waals surface area contributed by atoms with E-state index in [0.717, 1.165) is 9.47 Å². The van der Waals surface area contributed by atoms with Crippen molar-refractivity contribution in [3.05, 3.63) is 49.6 Å². The van der Waals surface area contributed by atoms with Gasteiger partial charge in [-0.2, -0.15) is 0 Å². The van der Waals surface area contributed by atoms with Gasteiger partial charge in [-0.15, -0.1) is 11.3 Å². The van der Waals surface area contributed by atoms with Crippen LogP contribution in [0.3, 0.4) is 0 Å². The maximum atomic E-state index is 11.6. The van der Waals surface area contributed by atoms with Gasteiger partial charge in [0.05, 0.1) is 14.5 Å². The Bertz CT molecular complexity index is 600. The van der Waals surface area contributed by atoms with E-state index in [1.807, 2.05) is 12.1 Å². The molecule has 6 heteroatoms. The summed E-state index contributed by atoms with van der Waals surface area (Å²) in [5.41, 5.74) is 1.34. The maximum Gasteiger partial charge on any atom is 0.251 e. The number of benzene rings is 1. The van der Waals surface area contributed by atoms with Gasteiger partial charge in [-0.25, -0.2) is 0 Å². The van der Waals surface area contributed by atoms with Crippen LogP contribution < -0.4 is 10.6 Å². The number of nitrogens with one attached hydrogen (secondary N) is 2. The van der Waals surface area contributed by atoms with Gasteiger partial charge in [0.15, 0.2) is 0 Å². The molecule has 0 aliphatic heterocycles. The molecule has 0 aliphatic carbocycles. The highest BCUT2D eigenvalue weighted by atomic mass is 79.9. The fourth-order valence-electron chi connectivity index (χ4n) is 1.58.